The van der Waals surface area contributed by atoms with E-state index in [0.717, 1.165) is 0 Å². The monoisotopic (exact) mass is 393 g/mol. The minimum absolute atomic E-state index is 0.105. The summed E-state index contributed by atoms with van der Waals surface area (Å²) in [6.07, 6.45) is -3.14. The van der Waals surface area contributed by atoms with Crippen molar-refractivity contribution >= 4 is 29.0 Å². The molecule has 5 N–H and O–H groups in total. The van der Waals surface area contributed by atoms with E-state index in [1.54, 1.807) is 36.4 Å². The number of nitrogens with zero attached hydrogens (tertiary/aromatic N) is 2. The molecule has 1 saturated heterocycles. The second kappa shape index (κ2) is 8.52. The zero-order valence-electron chi connectivity index (χ0n) is 15.3. The van der Waals surface area contributed by atoms with E-state index in [4.69, 9.17) is 15.9 Å². The highest BCUT2D eigenvalue weighted by Gasteiger charge is 2.39. The van der Waals surface area contributed by atoms with Crippen LogP contribution in [0.5, 0.6) is 0 Å². The van der Waals surface area contributed by atoms with E-state index >= 15 is 0 Å². The molecule has 0 bridgehead atoms. The van der Waals surface area contributed by atoms with E-state index in [0.29, 0.717) is 22.5 Å². The third kappa shape index (κ3) is 4.24. The van der Waals surface area contributed by atoms with Gasteiger partial charge in [0.05, 0.1) is 17.9 Å². The number of benzene rings is 2. The van der Waals surface area contributed by atoms with Gasteiger partial charge in [-0.15, -0.1) is 0 Å². The highest BCUT2D eigenvalue weighted by Crippen LogP contribution is 2.24. The lowest BCUT2D eigenvalue weighted by atomic mass is 10.1. The first-order chi connectivity index (χ1) is 13.9. The smallest absolute Gasteiger partial charge is 0.259 e. The van der Waals surface area contributed by atoms with Crippen LogP contribution in [0.1, 0.15) is 11.1 Å². The van der Waals surface area contributed by atoms with Gasteiger partial charge in [0, 0.05) is 17.8 Å². The summed E-state index contributed by atoms with van der Waals surface area (Å²) < 4.78 is 5.36. The number of hydrogen-bond donors (Lipinski definition) is 4. The Balaban J connectivity index is 1.73. The summed E-state index contributed by atoms with van der Waals surface area (Å²) in [6, 6.07) is 14.8. The molecule has 2 aromatic carbocycles. The number of nitrogens with two attached hydrogens (primary N) is 1. The largest absolute Gasteiger partial charge is 0.384 e. The zero-order valence-corrected chi connectivity index (χ0v) is 15.3. The molecule has 0 unspecified atom stereocenters. The first-order valence-electron chi connectivity index (χ1n) is 8.78. The molecule has 2 amide bonds. The number of nitrogens with one attached hydrogen (secondary N) is 2. The molecular formula is C20H19N5O4. The molecule has 9 heteroatoms. The van der Waals surface area contributed by atoms with E-state index in [1.165, 1.54) is 17.0 Å². The van der Waals surface area contributed by atoms with Gasteiger partial charge in [0.2, 0.25) is 0 Å². The Kier molecular flexibility index (Phi) is 5.87. The quantitative estimate of drug-likeness (QED) is 0.430. The summed E-state index contributed by atoms with van der Waals surface area (Å²) in [5, 5.41) is 29.5. The van der Waals surface area contributed by atoms with E-state index in [1.807, 2.05) is 6.07 Å². The number of aliphatic hydroxyl groups excluding tert-OH is 1. The molecule has 1 aliphatic rings. The summed E-state index contributed by atoms with van der Waals surface area (Å²) in [6.45, 7) is 0.308. The molecule has 1 aliphatic heterocycles. The van der Waals surface area contributed by atoms with Crippen molar-refractivity contribution in [2.45, 2.75) is 12.2 Å². The molecule has 3 rings (SSSR count). The highest BCUT2D eigenvalue weighted by molar-refractivity contribution is 6.04. The number of carbonyl (C=O) groups excluding carboxylic acids is 2. The van der Waals surface area contributed by atoms with Gasteiger partial charge in [-0.1, -0.05) is 12.1 Å². The maximum Gasteiger partial charge on any atom is 0.259 e. The van der Waals surface area contributed by atoms with Crippen molar-refractivity contribution < 1.29 is 19.4 Å². The van der Waals surface area contributed by atoms with E-state index < -0.39 is 24.0 Å². The highest BCUT2D eigenvalue weighted by atomic mass is 16.5. The van der Waals surface area contributed by atoms with Crippen LogP contribution in [0.2, 0.25) is 0 Å². The van der Waals surface area contributed by atoms with Crippen LogP contribution in [-0.4, -0.2) is 48.1 Å². The van der Waals surface area contributed by atoms with Crippen LogP contribution in [-0.2, 0) is 14.3 Å². The Morgan fingerprint density at radius 1 is 1.31 bits per heavy atom. The lowest BCUT2D eigenvalue weighted by Crippen LogP contribution is -2.55. The number of hydrogen-bond acceptors (Lipinski definition) is 6. The van der Waals surface area contributed by atoms with Crippen LogP contribution in [0, 0.1) is 16.7 Å². The van der Waals surface area contributed by atoms with Crippen LogP contribution >= 0.6 is 0 Å². The molecule has 0 aromatic heterocycles. The predicted octanol–water partition coefficient (Wildman–Crippen LogP) is 0.574. The molecule has 148 valence electrons. The van der Waals surface area contributed by atoms with Crippen LogP contribution < -0.4 is 16.0 Å². The number of aliphatic hydroxyl groups is 1. The van der Waals surface area contributed by atoms with E-state index in [9.17, 15) is 20.0 Å². The number of amides is 2. The molecule has 9 nitrogen and oxygen atoms in total. The van der Waals surface area contributed by atoms with Gasteiger partial charge in [0.25, 0.3) is 11.8 Å². The molecule has 0 radical (unpaired) electrons. The standard InChI is InChI=1S/C20H19N5O4/c21-11-13-3-1-2-4-15(13)25-9-10-29-17(20(25)28)16(26)19(27)24-14-7-5-12(6-8-14)18(22)23/h1-8,16-17,26H,9-10H2,(H3,22,23)(H,24,27)/t16-,17-/m1/s1. The molecule has 1 heterocycles. The number of anilines is 2. The number of nitrogen functional groups attached to an aromatic ring is 1. The van der Waals surface area contributed by atoms with E-state index in [2.05, 4.69) is 5.32 Å². The van der Waals surface area contributed by atoms with Gasteiger partial charge in [0.1, 0.15) is 11.9 Å². The normalized spacial score (nSPS) is 17.3. The van der Waals surface area contributed by atoms with Crippen molar-refractivity contribution in [3.8, 4) is 6.07 Å². The Hall–Kier alpha value is -3.74. The molecule has 2 atom stereocenters. The zero-order chi connectivity index (χ0) is 21.0. The number of amidine groups is 1. The maximum absolute atomic E-state index is 12.8. The Morgan fingerprint density at radius 3 is 2.66 bits per heavy atom. The van der Waals surface area contributed by atoms with Crippen molar-refractivity contribution in [3.05, 3.63) is 59.7 Å². The topological polar surface area (TPSA) is 153 Å². The number of rotatable bonds is 5. The molecule has 29 heavy (non-hydrogen) atoms. The van der Waals surface area contributed by atoms with Crippen molar-refractivity contribution in [2.75, 3.05) is 23.4 Å². The van der Waals surface area contributed by atoms with Gasteiger partial charge < -0.3 is 25.8 Å². The number of ether oxygens (including phenoxy) is 1. The Labute approximate surface area is 166 Å². The summed E-state index contributed by atoms with van der Waals surface area (Å²) in [7, 11) is 0. The summed E-state index contributed by atoms with van der Waals surface area (Å²) in [5.74, 6) is -1.52. The number of carbonyl (C=O) groups is 2. The molecular weight excluding hydrogens is 374 g/mol. The van der Waals surface area contributed by atoms with Crippen LogP contribution in [0.15, 0.2) is 48.5 Å². The second-order valence-electron chi connectivity index (χ2n) is 6.34. The van der Waals surface area contributed by atoms with Gasteiger partial charge >= 0.3 is 0 Å². The van der Waals surface area contributed by atoms with Crippen LogP contribution in [0.3, 0.4) is 0 Å². The maximum atomic E-state index is 12.8. The summed E-state index contributed by atoms with van der Waals surface area (Å²) in [5.41, 5.74) is 6.96. The number of para-hydroxylation sites is 1. The van der Waals surface area contributed by atoms with Gasteiger partial charge in [-0.2, -0.15) is 5.26 Å². The average molecular weight is 393 g/mol. The molecule has 0 spiro atoms. The van der Waals surface area contributed by atoms with Gasteiger partial charge in [-0.3, -0.25) is 15.0 Å². The fraction of sp³-hybridized carbons (Fsp3) is 0.200. The minimum Gasteiger partial charge on any atom is -0.384 e. The van der Waals surface area contributed by atoms with Gasteiger partial charge in [-0.25, -0.2) is 0 Å². The van der Waals surface area contributed by atoms with Crippen LogP contribution in [0.25, 0.3) is 0 Å². The molecule has 1 fully saturated rings. The van der Waals surface area contributed by atoms with E-state index in [-0.39, 0.29) is 19.0 Å². The third-order valence-corrected chi connectivity index (χ3v) is 4.46. The van der Waals surface area contributed by atoms with Crippen molar-refractivity contribution in [2.24, 2.45) is 5.73 Å². The Bertz CT molecular complexity index is 983. The van der Waals surface area contributed by atoms with Gasteiger partial charge in [-0.05, 0) is 36.4 Å². The van der Waals surface area contributed by atoms with Crippen LogP contribution in [0.4, 0.5) is 11.4 Å². The van der Waals surface area contributed by atoms with Crippen molar-refractivity contribution in [1.82, 2.24) is 0 Å². The molecule has 2 aromatic rings. The molecule has 0 saturated carbocycles. The second-order valence-corrected chi connectivity index (χ2v) is 6.34. The van der Waals surface area contributed by atoms with Crippen molar-refractivity contribution in [1.29, 1.82) is 10.7 Å². The minimum atomic E-state index is -1.74. The predicted molar refractivity (Wildman–Crippen MR) is 105 cm³/mol. The van der Waals surface area contributed by atoms with Crippen molar-refractivity contribution in [3.63, 3.8) is 0 Å². The fourth-order valence-electron chi connectivity index (χ4n) is 2.96. The lowest BCUT2D eigenvalue weighted by Gasteiger charge is -2.34. The number of morpholine rings is 1. The lowest BCUT2D eigenvalue weighted by molar-refractivity contribution is -0.150. The summed E-state index contributed by atoms with van der Waals surface area (Å²) >= 11 is 0. The third-order valence-electron chi connectivity index (χ3n) is 4.46. The summed E-state index contributed by atoms with van der Waals surface area (Å²) in [4.78, 5) is 26.6. The fourth-order valence-corrected chi connectivity index (χ4v) is 2.96. The first-order valence-corrected chi connectivity index (χ1v) is 8.78. The average Bonchev–Trinajstić information content (AvgIpc) is 2.73. The Morgan fingerprint density at radius 2 is 2.00 bits per heavy atom. The number of nitriles is 1. The van der Waals surface area contributed by atoms with Gasteiger partial charge in [0.15, 0.2) is 12.2 Å². The SMILES string of the molecule is N#Cc1ccccc1N1CCO[C@H]([C@@H](O)C(=O)Nc2ccc(C(=N)N)cc2)C1=O. The molecule has 0 aliphatic carbocycles. The first kappa shape index (κ1) is 20.0.